The van der Waals surface area contributed by atoms with Gasteiger partial charge in [-0.1, -0.05) is 12.2 Å². The van der Waals surface area contributed by atoms with Gasteiger partial charge in [0, 0.05) is 24.9 Å². The highest BCUT2D eigenvalue weighted by molar-refractivity contribution is 5.69. The molecule has 0 aliphatic carbocycles. The Hall–Kier alpha value is -1.56. The maximum atomic E-state index is 8.94. The summed E-state index contributed by atoms with van der Waals surface area (Å²) in [6.45, 7) is 5.79. The lowest BCUT2D eigenvalue weighted by Crippen LogP contribution is -2.24. The van der Waals surface area contributed by atoms with E-state index in [1.165, 1.54) is 0 Å². The highest BCUT2D eigenvalue weighted by Gasteiger charge is 2.26. The first kappa shape index (κ1) is 13.4. The van der Waals surface area contributed by atoms with Gasteiger partial charge < -0.3 is 5.32 Å². The number of allylic oxidation sites excluding steroid dienone is 2. The van der Waals surface area contributed by atoms with Crippen LogP contribution in [-0.2, 0) is 0 Å². The second kappa shape index (κ2) is 6.83. The molecular formula is C12H19N3. The van der Waals surface area contributed by atoms with Crippen LogP contribution in [0.2, 0.25) is 0 Å². The van der Waals surface area contributed by atoms with Gasteiger partial charge in [-0.3, -0.25) is 4.99 Å². The zero-order valence-corrected chi connectivity index (χ0v) is 9.86. The molecule has 0 radical (unpaired) electrons. The molecule has 0 amide bonds. The van der Waals surface area contributed by atoms with Crippen molar-refractivity contribution in [3.8, 4) is 6.07 Å². The third kappa shape index (κ3) is 4.46. The minimum absolute atomic E-state index is 0.115. The number of aliphatic imine (C=N–C) groups is 1. The van der Waals surface area contributed by atoms with Crippen LogP contribution in [0.25, 0.3) is 0 Å². The minimum atomic E-state index is -0.336. The van der Waals surface area contributed by atoms with Gasteiger partial charge in [0.05, 0.1) is 12.0 Å². The molecule has 0 aromatic rings. The van der Waals surface area contributed by atoms with Crippen molar-refractivity contribution < 1.29 is 0 Å². The van der Waals surface area contributed by atoms with Gasteiger partial charge in [-0.05, 0) is 27.0 Å². The maximum Gasteiger partial charge on any atom is 0.0665 e. The van der Waals surface area contributed by atoms with Crippen LogP contribution in [0.15, 0.2) is 29.5 Å². The van der Waals surface area contributed by atoms with Gasteiger partial charge in [0.2, 0.25) is 0 Å². The minimum Gasteiger partial charge on any atom is -0.394 e. The molecule has 0 rings (SSSR count). The summed E-state index contributed by atoms with van der Waals surface area (Å²) in [5.74, 6) is -0.115. The standard InChI is InChI=1S/C12H19N3/c1-5-7-15-10-12(3,6-8-14-4)11(2)9-13/h5-8,10-11,14H,1-4H3/b7-5+,8-6-,15-10-. The van der Waals surface area contributed by atoms with E-state index in [4.69, 9.17) is 5.26 Å². The number of hydrogen-bond acceptors (Lipinski definition) is 3. The summed E-state index contributed by atoms with van der Waals surface area (Å²) in [5, 5.41) is 11.9. The summed E-state index contributed by atoms with van der Waals surface area (Å²) in [7, 11) is 1.83. The van der Waals surface area contributed by atoms with Crippen LogP contribution in [-0.4, -0.2) is 13.3 Å². The quantitative estimate of drug-likeness (QED) is 0.701. The molecule has 2 unspecified atom stereocenters. The second-order valence-electron chi connectivity index (χ2n) is 3.60. The highest BCUT2D eigenvalue weighted by Crippen LogP contribution is 2.26. The molecule has 3 nitrogen and oxygen atoms in total. The van der Waals surface area contributed by atoms with E-state index in [0.29, 0.717) is 0 Å². The molecule has 2 atom stereocenters. The highest BCUT2D eigenvalue weighted by atomic mass is 14.8. The van der Waals surface area contributed by atoms with Crippen molar-refractivity contribution in [3.05, 3.63) is 24.6 Å². The van der Waals surface area contributed by atoms with Crippen molar-refractivity contribution in [1.29, 1.82) is 5.26 Å². The maximum absolute atomic E-state index is 8.94. The summed E-state index contributed by atoms with van der Waals surface area (Å²) in [6.07, 6.45) is 9.16. The van der Waals surface area contributed by atoms with E-state index in [1.54, 1.807) is 12.4 Å². The van der Waals surface area contributed by atoms with Gasteiger partial charge in [0.25, 0.3) is 0 Å². The van der Waals surface area contributed by atoms with E-state index in [-0.39, 0.29) is 11.3 Å². The van der Waals surface area contributed by atoms with Gasteiger partial charge in [-0.2, -0.15) is 5.26 Å². The molecule has 0 aromatic heterocycles. The third-order valence-electron chi connectivity index (χ3n) is 2.32. The smallest absolute Gasteiger partial charge is 0.0665 e. The number of nitrogens with zero attached hydrogens (tertiary/aromatic N) is 2. The Bertz CT molecular complexity index is 296. The molecule has 0 bridgehead atoms. The Labute approximate surface area is 92.2 Å². The predicted octanol–water partition coefficient (Wildman–Crippen LogP) is 2.49. The molecule has 0 fully saturated rings. The molecule has 15 heavy (non-hydrogen) atoms. The third-order valence-corrected chi connectivity index (χ3v) is 2.32. The first-order chi connectivity index (χ1) is 7.10. The summed E-state index contributed by atoms with van der Waals surface area (Å²) < 4.78 is 0. The number of nitriles is 1. The normalized spacial score (nSPS) is 18.1. The van der Waals surface area contributed by atoms with Crippen molar-refractivity contribution >= 4 is 6.21 Å². The molecule has 82 valence electrons. The van der Waals surface area contributed by atoms with Crippen molar-refractivity contribution in [2.75, 3.05) is 7.05 Å². The van der Waals surface area contributed by atoms with Crippen molar-refractivity contribution in [2.24, 2.45) is 16.3 Å². The molecule has 3 heteroatoms. The summed E-state index contributed by atoms with van der Waals surface area (Å²) in [5.41, 5.74) is -0.336. The van der Waals surface area contributed by atoms with E-state index >= 15 is 0 Å². The lowest BCUT2D eigenvalue weighted by atomic mass is 9.80. The van der Waals surface area contributed by atoms with Crippen LogP contribution >= 0.6 is 0 Å². The molecular weight excluding hydrogens is 186 g/mol. The molecule has 0 spiro atoms. The number of hydrogen-bond donors (Lipinski definition) is 1. The lowest BCUT2D eigenvalue weighted by molar-refractivity contribution is 0.477. The predicted molar refractivity (Wildman–Crippen MR) is 64.4 cm³/mol. The molecule has 0 aromatic carbocycles. The summed E-state index contributed by atoms with van der Waals surface area (Å²) >= 11 is 0. The molecule has 0 saturated carbocycles. The second-order valence-corrected chi connectivity index (χ2v) is 3.60. The topological polar surface area (TPSA) is 48.2 Å². The van der Waals surface area contributed by atoms with Crippen LogP contribution in [0.4, 0.5) is 0 Å². The van der Waals surface area contributed by atoms with E-state index < -0.39 is 0 Å². The fourth-order valence-electron chi connectivity index (χ4n) is 0.991. The molecule has 0 heterocycles. The van der Waals surface area contributed by atoms with E-state index in [9.17, 15) is 0 Å². The van der Waals surface area contributed by atoms with E-state index in [1.807, 2.05) is 46.2 Å². The first-order valence-electron chi connectivity index (χ1n) is 5.00. The lowest BCUT2D eigenvalue weighted by Gasteiger charge is -2.23. The van der Waals surface area contributed by atoms with Gasteiger partial charge >= 0.3 is 0 Å². The van der Waals surface area contributed by atoms with Gasteiger partial charge in [0.15, 0.2) is 0 Å². The van der Waals surface area contributed by atoms with Crippen LogP contribution in [0, 0.1) is 22.7 Å². The van der Waals surface area contributed by atoms with E-state index in [0.717, 1.165) is 0 Å². The fourth-order valence-corrected chi connectivity index (χ4v) is 0.991. The average Bonchev–Trinajstić information content (AvgIpc) is 2.25. The van der Waals surface area contributed by atoms with Crippen LogP contribution in [0.3, 0.4) is 0 Å². The van der Waals surface area contributed by atoms with Crippen LogP contribution in [0.1, 0.15) is 20.8 Å². The number of rotatable bonds is 5. The Balaban J connectivity index is 4.86. The monoisotopic (exact) mass is 205 g/mol. The zero-order chi connectivity index (χ0) is 11.7. The molecule has 0 aliphatic heterocycles. The Morgan fingerprint density at radius 2 is 2.20 bits per heavy atom. The average molecular weight is 205 g/mol. The van der Waals surface area contributed by atoms with Gasteiger partial charge in [-0.25, -0.2) is 0 Å². The SMILES string of the molecule is C/C=C/N=C\C(C)(/C=C\NC)C(C)C#N. The largest absolute Gasteiger partial charge is 0.394 e. The van der Waals surface area contributed by atoms with Crippen LogP contribution < -0.4 is 5.32 Å². The first-order valence-corrected chi connectivity index (χ1v) is 5.00. The zero-order valence-electron chi connectivity index (χ0n) is 9.86. The van der Waals surface area contributed by atoms with E-state index in [2.05, 4.69) is 16.4 Å². The summed E-state index contributed by atoms with van der Waals surface area (Å²) in [6, 6.07) is 2.25. The summed E-state index contributed by atoms with van der Waals surface area (Å²) in [4.78, 5) is 4.15. The Kier molecular flexibility index (Phi) is 6.12. The molecule has 1 N–H and O–H groups in total. The van der Waals surface area contributed by atoms with Gasteiger partial charge in [-0.15, -0.1) is 0 Å². The Morgan fingerprint density at radius 3 is 2.67 bits per heavy atom. The van der Waals surface area contributed by atoms with Crippen molar-refractivity contribution in [3.63, 3.8) is 0 Å². The van der Waals surface area contributed by atoms with Crippen molar-refractivity contribution in [1.82, 2.24) is 5.32 Å². The Morgan fingerprint density at radius 1 is 1.53 bits per heavy atom. The fraction of sp³-hybridized carbons (Fsp3) is 0.500. The molecule has 0 aliphatic rings. The van der Waals surface area contributed by atoms with Crippen molar-refractivity contribution in [2.45, 2.75) is 20.8 Å². The van der Waals surface area contributed by atoms with Crippen LogP contribution in [0.5, 0.6) is 0 Å². The molecule has 0 saturated heterocycles. The van der Waals surface area contributed by atoms with Gasteiger partial charge in [0.1, 0.15) is 0 Å². The number of nitrogens with one attached hydrogen (secondary N) is 1.